The van der Waals surface area contributed by atoms with E-state index in [1.165, 1.54) is 173 Å². The molecule has 2 fully saturated rings. The molecule has 0 aromatic rings. The van der Waals surface area contributed by atoms with Crippen molar-refractivity contribution in [2.24, 2.45) is 0 Å². The summed E-state index contributed by atoms with van der Waals surface area (Å²) in [6.45, 7) is 2.72. The SMILES string of the molecule is CCCCCC/C=C/C(O)C(COC1OC(CO)C(OC2OC(CO)C(O)C(O)C2O)C(O)C1O)NC(=O)CCCCCCCCCCCCCCCCCCCCCCCCCCCCCCCCC. The molecule has 2 saturated heterocycles. The fourth-order valence-corrected chi connectivity index (χ4v) is 9.94. The maximum Gasteiger partial charge on any atom is 0.220 e. The van der Waals surface area contributed by atoms with Gasteiger partial charge in [-0.25, -0.2) is 0 Å². The predicted octanol–water partition coefficient (Wildman–Crippen LogP) is 9.50. The van der Waals surface area contributed by atoms with Gasteiger partial charge in [0.05, 0.1) is 32.0 Å². The van der Waals surface area contributed by atoms with Crippen molar-refractivity contribution in [2.45, 2.75) is 325 Å². The highest BCUT2D eigenvalue weighted by Gasteiger charge is 2.51. The van der Waals surface area contributed by atoms with Gasteiger partial charge in [-0.1, -0.05) is 238 Å². The van der Waals surface area contributed by atoms with Crippen LogP contribution in [0.4, 0.5) is 0 Å². The lowest BCUT2D eigenvalue weighted by Crippen LogP contribution is -2.65. The van der Waals surface area contributed by atoms with Crippen LogP contribution in [0.3, 0.4) is 0 Å². The fraction of sp³-hybridized carbons (Fsp3) is 0.947. The van der Waals surface area contributed by atoms with Crippen molar-refractivity contribution in [3.05, 3.63) is 12.2 Å². The predicted molar refractivity (Wildman–Crippen MR) is 282 cm³/mol. The number of rotatable bonds is 47. The first-order valence-electron chi connectivity index (χ1n) is 29.4. The smallest absolute Gasteiger partial charge is 0.220 e. The Morgan fingerprint density at radius 1 is 0.493 bits per heavy atom. The van der Waals surface area contributed by atoms with E-state index in [0.29, 0.717) is 6.42 Å². The lowest BCUT2D eigenvalue weighted by molar-refractivity contribution is -0.359. The molecule has 9 N–H and O–H groups in total. The van der Waals surface area contributed by atoms with Gasteiger partial charge in [-0.15, -0.1) is 0 Å². The number of allylic oxidation sites excluding steroid dienone is 1. The maximum atomic E-state index is 13.1. The lowest BCUT2D eigenvalue weighted by Gasteiger charge is -2.46. The lowest BCUT2D eigenvalue weighted by atomic mass is 9.97. The molecule has 0 aliphatic carbocycles. The first-order chi connectivity index (χ1) is 34.6. The van der Waals surface area contributed by atoms with Crippen molar-refractivity contribution >= 4 is 5.91 Å². The number of hydrogen-bond donors (Lipinski definition) is 9. The average Bonchev–Trinajstić information content (AvgIpc) is 3.37. The molecule has 2 heterocycles. The van der Waals surface area contributed by atoms with Gasteiger partial charge in [0.15, 0.2) is 12.6 Å². The summed E-state index contributed by atoms with van der Waals surface area (Å²) in [4.78, 5) is 13.1. The Kier molecular flexibility index (Phi) is 40.7. The fourth-order valence-electron chi connectivity index (χ4n) is 9.94. The zero-order valence-corrected chi connectivity index (χ0v) is 45.0. The number of unbranched alkanes of at least 4 members (excludes halogenated alkanes) is 34. The Balaban J connectivity index is 1.56. The highest BCUT2D eigenvalue weighted by molar-refractivity contribution is 5.76. The van der Waals surface area contributed by atoms with Crippen molar-refractivity contribution in [1.29, 1.82) is 0 Å². The van der Waals surface area contributed by atoms with Crippen LogP contribution >= 0.6 is 0 Å². The topological polar surface area (TPSA) is 228 Å². The number of aliphatic hydroxyl groups is 8. The van der Waals surface area contributed by atoms with Crippen molar-refractivity contribution < 1.29 is 64.6 Å². The number of carbonyl (C=O) groups is 1. The Labute approximate surface area is 431 Å². The Bertz CT molecular complexity index is 1240. The number of nitrogens with one attached hydrogen (secondary N) is 1. The van der Waals surface area contributed by atoms with Gasteiger partial charge in [0.2, 0.25) is 5.91 Å². The summed E-state index contributed by atoms with van der Waals surface area (Å²) < 4.78 is 22.6. The van der Waals surface area contributed by atoms with Crippen LogP contribution in [0.5, 0.6) is 0 Å². The van der Waals surface area contributed by atoms with Crippen LogP contribution < -0.4 is 5.32 Å². The van der Waals surface area contributed by atoms with Crippen LogP contribution in [0.25, 0.3) is 0 Å². The van der Waals surface area contributed by atoms with E-state index in [1.807, 2.05) is 6.08 Å². The van der Waals surface area contributed by atoms with E-state index in [4.69, 9.17) is 18.9 Å². The molecule has 2 aliphatic heterocycles. The largest absolute Gasteiger partial charge is 0.394 e. The molecule has 0 saturated carbocycles. The van der Waals surface area contributed by atoms with E-state index in [2.05, 4.69) is 19.2 Å². The second-order valence-electron chi connectivity index (χ2n) is 21.1. The van der Waals surface area contributed by atoms with Gasteiger partial charge in [-0.2, -0.15) is 0 Å². The maximum absolute atomic E-state index is 13.1. The van der Waals surface area contributed by atoms with Crippen molar-refractivity contribution in [3.8, 4) is 0 Å². The molecule has 14 heteroatoms. The first kappa shape index (κ1) is 65.8. The molecule has 71 heavy (non-hydrogen) atoms. The number of amides is 1. The highest BCUT2D eigenvalue weighted by atomic mass is 16.7. The molecule has 0 aromatic carbocycles. The quantitative estimate of drug-likeness (QED) is 0.0205. The van der Waals surface area contributed by atoms with Crippen LogP contribution in [0.15, 0.2) is 12.2 Å². The summed E-state index contributed by atoms with van der Waals surface area (Å²) in [5.74, 6) is -0.240. The minimum Gasteiger partial charge on any atom is -0.394 e. The third kappa shape index (κ3) is 30.2. The van der Waals surface area contributed by atoms with Crippen LogP contribution in [-0.2, 0) is 23.7 Å². The van der Waals surface area contributed by atoms with Gasteiger partial charge in [-0.05, 0) is 19.3 Å². The van der Waals surface area contributed by atoms with E-state index in [9.17, 15) is 45.6 Å². The molecule has 12 atom stereocenters. The van der Waals surface area contributed by atoms with Crippen LogP contribution in [0.1, 0.15) is 251 Å². The number of ether oxygens (including phenoxy) is 4. The number of carbonyl (C=O) groups excluding carboxylic acids is 1. The standard InChI is InChI=1S/C57H109NO13/c1-3-5-7-9-11-12-13-14-15-16-17-18-19-20-21-22-23-24-25-26-27-28-29-30-31-32-33-34-35-37-39-41-49(62)58-45(46(61)40-38-36-10-8-6-4-2)44-68-56-54(67)52(65)55(48(43-60)70-56)71-57-53(66)51(64)50(63)47(42-59)69-57/h38,40,45-48,50-57,59-61,63-67H,3-37,39,41-44H2,1-2H3,(H,58,62)/b40-38+. The molecule has 2 rings (SSSR count). The third-order valence-corrected chi connectivity index (χ3v) is 14.7. The summed E-state index contributed by atoms with van der Waals surface area (Å²) in [5.41, 5.74) is 0. The average molecular weight is 1020 g/mol. The molecule has 0 aromatic heterocycles. The van der Waals surface area contributed by atoms with E-state index in [0.717, 1.165) is 51.4 Å². The molecular formula is C57H109NO13. The Morgan fingerprint density at radius 2 is 0.873 bits per heavy atom. The minimum atomic E-state index is -1.78. The van der Waals surface area contributed by atoms with E-state index < -0.39 is 86.8 Å². The summed E-state index contributed by atoms with van der Waals surface area (Å²) in [5, 5.41) is 86.4. The van der Waals surface area contributed by atoms with Gasteiger partial charge in [-0.3, -0.25) is 4.79 Å². The molecule has 14 nitrogen and oxygen atoms in total. The van der Waals surface area contributed by atoms with E-state index in [1.54, 1.807) is 6.08 Å². The van der Waals surface area contributed by atoms with Gasteiger partial charge in [0.25, 0.3) is 0 Å². The second kappa shape index (κ2) is 43.9. The van der Waals surface area contributed by atoms with Crippen molar-refractivity contribution in [3.63, 3.8) is 0 Å². The summed E-state index contributed by atoms with van der Waals surface area (Å²) >= 11 is 0. The van der Waals surface area contributed by atoms with E-state index >= 15 is 0 Å². The summed E-state index contributed by atoms with van der Waals surface area (Å²) in [6, 6.07) is -0.906. The number of aliphatic hydroxyl groups excluding tert-OH is 8. The Morgan fingerprint density at radius 3 is 1.30 bits per heavy atom. The second-order valence-corrected chi connectivity index (χ2v) is 21.1. The molecule has 1 amide bonds. The summed E-state index contributed by atoms with van der Waals surface area (Å²) in [6.07, 6.45) is 33.4. The normalized spacial score (nSPS) is 25.8. The summed E-state index contributed by atoms with van der Waals surface area (Å²) in [7, 11) is 0. The van der Waals surface area contributed by atoms with Crippen molar-refractivity contribution in [1.82, 2.24) is 5.32 Å². The molecule has 12 unspecified atom stereocenters. The Hall–Kier alpha value is -1.27. The van der Waals surface area contributed by atoms with E-state index in [-0.39, 0.29) is 18.9 Å². The minimum absolute atomic E-state index is 0.240. The molecule has 0 radical (unpaired) electrons. The van der Waals surface area contributed by atoms with Gasteiger partial charge in [0.1, 0.15) is 48.8 Å². The zero-order chi connectivity index (χ0) is 51.7. The van der Waals surface area contributed by atoms with Crippen LogP contribution in [0, 0.1) is 0 Å². The van der Waals surface area contributed by atoms with Gasteiger partial charge < -0.3 is 65.1 Å². The molecular weight excluding hydrogens is 907 g/mol. The first-order valence-corrected chi connectivity index (χ1v) is 29.4. The van der Waals surface area contributed by atoms with Crippen LogP contribution in [-0.4, -0.2) is 140 Å². The zero-order valence-electron chi connectivity index (χ0n) is 45.0. The van der Waals surface area contributed by atoms with Gasteiger partial charge >= 0.3 is 0 Å². The van der Waals surface area contributed by atoms with Gasteiger partial charge in [0, 0.05) is 6.42 Å². The van der Waals surface area contributed by atoms with Crippen molar-refractivity contribution in [2.75, 3.05) is 19.8 Å². The highest BCUT2D eigenvalue weighted by Crippen LogP contribution is 2.30. The molecule has 0 spiro atoms. The molecule has 2 aliphatic rings. The van der Waals surface area contributed by atoms with Crippen LogP contribution in [0.2, 0.25) is 0 Å². The molecule has 420 valence electrons. The number of hydrogen-bond acceptors (Lipinski definition) is 13. The molecule has 0 bridgehead atoms. The monoisotopic (exact) mass is 1020 g/mol. The third-order valence-electron chi connectivity index (χ3n) is 14.7.